The van der Waals surface area contributed by atoms with Gasteiger partial charge in [-0.25, -0.2) is 0 Å². The quantitative estimate of drug-likeness (QED) is 0.856. The van der Waals surface area contributed by atoms with Crippen molar-refractivity contribution in [1.29, 1.82) is 0 Å². The number of hydrogen-bond acceptors (Lipinski definition) is 4. The average molecular weight is 264 g/mol. The molecule has 1 aliphatic rings. The Bertz CT molecular complexity index is 428. The van der Waals surface area contributed by atoms with Gasteiger partial charge in [-0.2, -0.15) is 0 Å². The minimum absolute atomic E-state index is 0.141. The minimum atomic E-state index is -0.752. The van der Waals surface area contributed by atoms with E-state index in [9.17, 15) is 4.79 Å². The first-order chi connectivity index (χ1) is 9.19. The molecule has 5 heteroatoms. The lowest BCUT2D eigenvalue weighted by molar-refractivity contribution is -0.138. The van der Waals surface area contributed by atoms with Gasteiger partial charge in [0.2, 0.25) is 0 Å². The Labute approximate surface area is 113 Å². The molecule has 0 aromatic heterocycles. The summed E-state index contributed by atoms with van der Waals surface area (Å²) >= 11 is 0. The fourth-order valence-corrected chi connectivity index (χ4v) is 2.37. The Morgan fingerprint density at radius 3 is 2.47 bits per heavy atom. The Morgan fingerprint density at radius 2 is 1.84 bits per heavy atom. The van der Waals surface area contributed by atoms with Crippen molar-refractivity contribution in [3.8, 4) is 5.75 Å². The number of carbonyl (C=O) groups is 1. The summed E-state index contributed by atoms with van der Waals surface area (Å²) in [5, 5.41) is 8.76. The van der Waals surface area contributed by atoms with E-state index in [4.69, 9.17) is 9.84 Å². The fourth-order valence-electron chi connectivity index (χ4n) is 2.37. The Kier molecular flexibility index (Phi) is 4.76. The van der Waals surface area contributed by atoms with Crippen LogP contribution in [0.3, 0.4) is 0 Å². The first-order valence-electron chi connectivity index (χ1n) is 6.47. The maximum Gasteiger partial charge on any atom is 0.317 e. The van der Waals surface area contributed by atoms with E-state index < -0.39 is 5.97 Å². The second-order valence-corrected chi connectivity index (χ2v) is 4.76. The van der Waals surface area contributed by atoms with Gasteiger partial charge in [-0.05, 0) is 6.07 Å². The zero-order valence-electron chi connectivity index (χ0n) is 11.2. The van der Waals surface area contributed by atoms with Gasteiger partial charge in [0.1, 0.15) is 5.75 Å². The monoisotopic (exact) mass is 264 g/mol. The Balaban J connectivity index is 1.87. The second-order valence-electron chi connectivity index (χ2n) is 4.76. The number of methoxy groups -OCH3 is 1. The molecule has 1 aliphatic heterocycles. The standard InChI is InChI=1S/C14H20N2O3/c1-19-13-5-3-2-4-12(13)10-15-6-8-16(9-7-15)11-14(17)18/h2-5H,6-11H2,1H3,(H,17,18). The van der Waals surface area contributed by atoms with E-state index in [1.54, 1.807) is 7.11 Å². The van der Waals surface area contributed by atoms with E-state index in [1.165, 1.54) is 5.56 Å². The highest BCUT2D eigenvalue weighted by Gasteiger charge is 2.19. The molecule has 0 spiro atoms. The van der Waals surface area contributed by atoms with Crippen LogP contribution < -0.4 is 4.74 Å². The smallest absolute Gasteiger partial charge is 0.317 e. The zero-order valence-corrected chi connectivity index (χ0v) is 11.2. The largest absolute Gasteiger partial charge is 0.496 e. The highest BCUT2D eigenvalue weighted by molar-refractivity contribution is 5.69. The molecular formula is C14H20N2O3. The highest BCUT2D eigenvalue weighted by Crippen LogP contribution is 2.19. The highest BCUT2D eigenvalue weighted by atomic mass is 16.5. The summed E-state index contributed by atoms with van der Waals surface area (Å²) in [6.45, 7) is 4.40. The Morgan fingerprint density at radius 1 is 1.21 bits per heavy atom. The van der Waals surface area contributed by atoms with Crippen molar-refractivity contribution in [1.82, 2.24) is 9.80 Å². The molecule has 1 saturated heterocycles. The van der Waals surface area contributed by atoms with Gasteiger partial charge in [-0.15, -0.1) is 0 Å². The molecule has 0 saturated carbocycles. The summed E-state index contributed by atoms with van der Waals surface area (Å²) in [6, 6.07) is 8.02. The van der Waals surface area contributed by atoms with Crippen LogP contribution in [0.15, 0.2) is 24.3 Å². The van der Waals surface area contributed by atoms with Crippen LogP contribution in [0.4, 0.5) is 0 Å². The van der Waals surface area contributed by atoms with Gasteiger partial charge in [0.25, 0.3) is 0 Å². The van der Waals surface area contributed by atoms with E-state index in [1.807, 2.05) is 23.1 Å². The van der Waals surface area contributed by atoms with Crippen LogP contribution in [0, 0.1) is 0 Å². The third kappa shape index (κ3) is 3.94. The molecule has 0 atom stereocenters. The summed E-state index contributed by atoms with van der Waals surface area (Å²) in [6.07, 6.45) is 0. The summed E-state index contributed by atoms with van der Waals surface area (Å²) in [5.41, 5.74) is 1.18. The van der Waals surface area contributed by atoms with Gasteiger partial charge in [0.05, 0.1) is 13.7 Å². The van der Waals surface area contributed by atoms with Crippen LogP contribution in [0.5, 0.6) is 5.75 Å². The number of benzene rings is 1. The van der Waals surface area contributed by atoms with Crippen molar-refractivity contribution in [2.45, 2.75) is 6.54 Å². The van der Waals surface area contributed by atoms with E-state index >= 15 is 0 Å². The number of para-hydroxylation sites is 1. The maximum absolute atomic E-state index is 10.7. The van der Waals surface area contributed by atoms with E-state index in [0.29, 0.717) is 0 Å². The summed E-state index contributed by atoms with van der Waals surface area (Å²) in [4.78, 5) is 15.0. The molecule has 1 heterocycles. The topological polar surface area (TPSA) is 53.0 Å². The van der Waals surface area contributed by atoms with E-state index in [-0.39, 0.29) is 6.54 Å². The molecule has 0 amide bonds. The van der Waals surface area contributed by atoms with E-state index in [0.717, 1.165) is 38.5 Å². The molecule has 0 aliphatic carbocycles. The second kappa shape index (κ2) is 6.54. The van der Waals surface area contributed by atoms with Crippen LogP contribution in [0.25, 0.3) is 0 Å². The number of carboxylic acids is 1. The van der Waals surface area contributed by atoms with Crippen LogP contribution >= 0.6 is 0 Å². The van der Waals surface area contributed by atoms with Crippen LogP contribution in [-0.2, 0) is 11.3 Å². The van der Waals surface area contributed by atoms with Gasteiger partial charge >= 0.3 is 5.97 Å². The molecule has 1 aromatic rings. The van der Waals surface area contributed by atoms with Crippen molar-refractivity contribution in [3.63, 3.8) is 0 Å². The number of rotatable bonds is 5. The third-order valence-electron chi connectivity index (χ3n) is 3.41. The van der Waals surface area contributed by atoms with Gasteiger partial charge in [0.15, 0.2) is 0 Å². The summed E-state index contributed by atoms with van der Waals surface area (Å²) in [7, 11) is 1.68. The fraction of sp³-hybridized carbons (Fsp3) is 0.500. The zero-order chi connectivity index (χ0) is 13.7. The molecule has 5 nitrogen and oxygen atoms in total. The van der Waals surface area contributed by atoms with Gasteiger partial charge in [0, 0.05) is 38.3 Å². The van der Waals surface area contributed by atoms with Crippen LogP contribution in [0.1, 0.15) is 5.56 Å². The number of nitrogens with zero attached hydrogens (tertiary/aromatic N) is 2. The van der Waals surface area contributed by atoms with Crippen LogP contribution in [0.2, 0.25) is 0 Å². The molecule has 104 valence electrons. The van der Waals surface area contributed by atoms with Gasteiger partial charge in [-0.1, -0.05) is 18.2 Å². The van der Waals surface area contributed by atoms with Crippen molar-refractivity contribution < 1.29 is 14.6 Å². The number of carboxylic acid groups (broad SMARTS) is 1. The van der Waals surface area contributed by atoms with Gasteiger partial charge in [-0.3, -0.25) is 14.6 Å². The molecule has 0 bridgehead atoms. The average Bonchev–Trinajstić information content (AvgIpc) is 2.41. The minimum Gasteiger partial charge on any atom is -0.496 e. The number of hydrogen-bond donors (Lipinski definition) is 1. The predicted molar refractivity (Wildman–Crippen MR) is 72.3 cm³/mol. The van der Waals surface area contributed by atoms with E-state index in [2.05, 4.69) is 11.0 Å². The number of piperazine rings is 1. The molecular weight excluding hydrogens is 244 g/mol. The van der Waals surface area contributed by atoms with Crippen molar-refractivity contribution in [2.24, 2.45) is 0 Å². The molecule has 0 radical (unpaired) electrons. The molecule has 2 rings (SSSR count). The lowest BCUT2D eigenvalue weighted by atomic mass is 10.1. The summed E-state index contributed by atoms with van der Waals surface area (Å²) in [5.74, 6) is 0.161. The third-order valence-corrected chi connectivity index (χ3v) is 3.41. The Hall–Kier alpha value is -1.59. The maximum atomic E-state index is 10.7. The van der Waals surface area contributed by atoms with Crippen LogP contribution in [-0.4, -0.2) is 60.7 Å². The first kappa shape index (κ1) is 13.8. The normalized spacial score (nSPS) is 17.3. The molecule has 1 N–H and O–H groups in total. The SMILES string of the molecule is COc1ccccc1CN1CCN(CC(=O)O)CC1. The lowest BCUT2D eigenvalue weighted by Gasteiger charge is -2.33. The summed E-state index contributed by atoms with van der Waals surface area (Å²) < 4.78 is 5.35. The van der Waals surface area contributed by atoms with Gasteiger partial charge < -0.3 is 9.84 Å². The van der Waals surface area contributed by atoms with Crippen molar-refractivity contribution in [2.75, 3.05) is 39.8 Å². The molecule has 19 heavy (non-hydrogen) atoms. The molecule has 0 unspecified atom stereocenters. The predicted octanol–water partition coefficient (Wildman–Crippen LogP) is 0.897. The number of ether oxygens (including phenoxy) is 1. The number of aliphatic carboxylic acids is 1. The molecule has 1 fully saturated rings. The van der Waals surface area contributed by atoms with Crippen molar-refractivity contribution in [3.05, 3.63) is 29.8 Å². The lowest BCUT2D eigenvalue weighted by Crippen LogP contribution is -2.47. The molecule has 1 aromatic carbocycles. The first-order valence-corrected chi connectivity index (χ1v) is 6.47. The van der Waals surface area contributed by atoms with Crippen molar-refractivity contribution >= 4 is 5.97 Å².